The summed E-state index contributed by atoms with van der Waals surface area (Å²) in [5, 5.41) is 9.52. The number of aromatic nitrogens is 1. The molecular weight excluding hydrogens is 219 g/mol. The highest BCUT2D eigenvalue weighted by Gasteiger charge is 2.27. The summed E-state index contributed by atoms with van der Waals surface area (Å²) in [5.41, 5.74) is 2.01. The van der Waals surface area contributed by atoms with Crippen LogP contribution in [0, 0.1) is 0 Å². The Hall–Kier alpha value is -1.16. The van der Waals surface area contributed by atoms with Crippen molar-refractivity contribution in [3.8, 4) is 0 Å². The Kier molecular flexibility index (Phi) is 3.62. The summed E-state index contributed by atoms with van der Waals surface area (Å²) in [6.45, 7) is 5.19. The smallest absolute Gasteiger partial charge is 0.129 e. The van der Waals surface area contributed by atoms with E-state index in [1.165, 1.54) is 0 Å². The van der Waals surface area contributed by atoms with E-state index in [1.807, 2.05) is 17.0 Å². The lowest BCUT2D eigenvalue weighted by Gasteiger charge is -2.33. The fraction of sp³-hybridized carbons (Fsp3) is 0.615. The summed E-state index contributed by atoms with van der Waals surface area (Å²) in [6.07, 6.45) is 0.218. The molecule has 1 aliphatic heterocycles. The van der Waals surface area contributed by atoms with Gasteiger partial charge in [0.25, 0.3) is 0 Å². The largest absolute Gasteiger partial charge is 0.388 e. The van der Waals surface area contributed by atoms with Crippen LogP contribution in [-0.2, 0) is 0 Å². The second-order valence-corrected chi connectivity index (χ2v) is 4.91. The summed E-state index contributed by atoms with van der Waals surface area (Å²) in [4.78, 5) is 6.36. The fourth-order valence-corrected chi connectivity index (χ4v) is 2.06. The molecule has 2 heterocycles. The number of aliphatic hydroxyl groups excluding tert-OH is 1. The number of nitrogens with zero attached hydrogens (tertiary/aromatic N) is 2. The van der Waals surface area contributed by atoms with Gasteiger partial charge in [0.2, 0.25) is 0 Å². The van der Waals surface area contributed by atoms with Crippen LogP contribution >= 0.6 is 0 Å². The molecule has 1 aromatic heterocycles. The van der Waals surface area contributed by atoms with Crippen molar-refractivity contribution in [3.63, 3.8) is 0 Å². The number of pyridine rings is 1. The predicted octanol–water partition coefficient (Wildman–Crippen LogP) is 2.11. The van der Waals surface area contributed by atoms with Gasteiger partial charge in [-0.2, -0.15) is 0 Å². The summed E-state index contributed by atoms with van der Waals surface area (Å²) >= 11 is 0. The van der Waals surface area contributed by atoms with E-state index in [4.69, 9.17) is 0 Å². The lowest BCUT2D eigenvalue weighted by atomic mass is 10.1. The number of hydrogen-bond donors (Lipinski definition) is 1. The molecule has 2 rings (SSSR count). The van der Waals surface area contributed by atoms with Crippen LogP contribution in [-0.4, -0.2) is 35.5 Å². The molecule has 1 fully saturated rings. The van der Waals surface area contributed by atoms with Gasteiger partial charge in [-0.3, -0.25) is 4.98 Å². The predicted molar refractivity (Wildman–Crippen MR) is 66.1 cm³/mol. The fourth-order valence-electron chi connectivity index (χ4n) is 2.06. The first-order valence-corrected chi connectivity index (χ1v) is 6.11. The van der Waals surface area contributed by atoms with E-state index in [-0.39, 0.29) is 0 Å². The number of rotatable bonds is 2. The molecule has 0 aromatic carbocycles. The number of anilines is 1. The maximum Gasteiger partial charge on any atom is 0.129 e. The van der Waals surface area contributed by atoms with Crippen LogP contribution in [0.2, 0.25) is 0 Å². The van der Waals surface area contributed by atoms with Gasteiger partial charge in [-0.15, -0.1) is 0 Å². The van der Waals surface area contributed by atoms with Gasteiger partial charge < -0.3 is 10.0 Å². The van der Waals surface area contributed by atoms with E-state index in [0.29, 0.717) is 25.4 Å². The molecule has 1 N–H and O–H groups in total. The lowest BCUT2D eigenvalue weighted by Crippen LogP contribution is -2.45. The van der Waals surface area contributed by atoms with Gasteiger partial charge in [-0.25, -0.2) is 4.39 Å². The monoisotopic (exact) mass is 238 g/mol. The Morgan fingerprint density at radius 1 is 1.47 bits per heavy atom. The highest BCUT2D eigenvalue weighted by Crippen LogP contribution is 2.22. The maximum atomic E-state index is 13.1. The zero-order chi connectivity index (χ0) is 12.4. The Morgan fingerprint density at radius 2 is 2.24 bits per heavy atom. The molecule has 0 aliphatic carbocycles. The molecule has 0 spiro atoms. The second-order valence-electron chi connectivity index (χ2n) is 4.91. The zero-order valence-corrected chi connectivity index (χ0v) is 10.3. The van der Waals surface area contributed by atoms with E-state index < -0.39 is 12.3 Å². The zero-order valence-electron chi connectivity index (χ0n) is 10.3. The van der Waals surface area contributed by atoms with Crippen molar-refractivity contribution in [2.24, 2.45) is 0 Å². The van der Waals surface area contributed by atoms with Crippen LogP contribution in [0.4, 0.5) is 10.1 Å². The number of alkyl halides is 1. The van der Waals surface area contributed by atoms with Crippen molar-refractivity contribution >= 4 is 5.69 Å². The van der Waals surface area contributed by atoms with Gasteiger partial charge in [0.15, 0.2) is 0 Å². The standard InChI is InChI=1S/C13H19FN2O/c1-9(2)12-4-3-10(7-15-12)16-6-5-11(14)13(17)8-16/h3-4,7,9,11,13,17H,5-6,8H2,1-2H3/t11-,13-/m1/s1. The molecule has 17 heavy (non-hydrogen) atoms. The van der Waals surface area contributed by atoms with Crippen LogP contribution < -0.4 is 4.90 Å². The van der Waals surface area contributed by atoms with Crippen LogP contribution in [0.5, 0.6) is 0 Å². The normalized spacial score (nSPS) is 25.4. The summed E-state index contributed by atoms with van der Waals surface area (Å²) < 4.78 is 13.1. The van der Waals surface area contributed by atoms with E-state index in [1.54, 1.807) is 6.20 Å². The van der Waals surface area contributed by atoms with Crippen LogP contribution in [0.15, 0.2) is 18.3 Å². The molecule has 3 nitrogen and oxygen atoms in total. The quantitative estimate of drug-likeness (QED) is 0.857. The van der Waals surface area contributed by atoms with E-state index in [9.17, 15) is 9.50 Å². The van der Waals surface area contributed by atoms with Gasteiger partial charge >= 0.3 is 0 Å². The average molecular weight is 238 g/mol. The minimum absolute atomic E-state index is 0.351. The van der Waals surface area contributed by atoms with Crippen LogP contribution in [0.1, 0.15) is 31.9 Å². The number of halogens is 1. The summed E-state index contributed by atoms with van der Waals surface area (Å²) in [5.74, 6) is 0.409. The van der Waals surface area contributed by atoms with Crippen molar-refractivity contribution in [2.75, 3.05) is 18.0 Å². The van der Waals surface area contributed by atoms with Gasteiger partial charge in [0, 0.05) is 18.8 Å². The SMILES string of the molecule is CC(C)c1ccc(N2CC[C@@H](F)[C@H](O)C2)cn1. The highest BCUT2D eigenvalue weighted by atomic mass is 19.1. The number of aliphatic hydroxyl groups is 1. The molecule has 2 atom stereocenters. The van der Waals surface area contributed by atoms with Crippen molar-refractivity contribution in [3.05, 3.63) is 24.0 Å². The highest BCUT2D eigenvalue weighted by molar-refractivity contribution is 5.45. The Morgan fingerprint density at radius 3 is 2.76 bits per heavy atom. The second kappa shape index (κ2) is 5.00. The van der Waals surface area contributed by atoms with E-state index in [2.05, 4.69) is 18.8 Å². The molecule has 0 saturated carbocycles. The van der Waals surface area contributed by atoms with Crippen molar-refractivity contribution in [2.45, 2.75) is 38.5 Å². The third-order valence-electron chi connectivity index (χ3n) is 3.23. The van der Waals surface area contributed by atoms with E-state index in [0.717, 1.165) is 11.4 Å². The van der Waals surface area contributed by atoms with Crippen molar-refractivity contribution < 1.29 is 9.50 Å². The first-order valence-electron chi connectivity index (χ1n) is 6.11. The number of hydrogen-bond acceptors (Lipinski definition) is 3. The average Bonchev–Trinajstić information content (AvgIpc) is 2.33. The van der Waals surface area contributed by atoms with Crippen LogP contribution in [0.3, 0.4) is 0 Å². The first-order chi connectivity index (χ1) is 8.08. The number of piperidine rings is 1. The van der Waals surface area contributed by atoms with Crippen molar-refractivity contribution in [1.29, 1.82) is 0 Å². The summed E-state index contributed by atoms with van der Waals surface area (Å²) in [6, 6.07) is 3.99. The van der Waals surface area contributed by atoms with Gasteiger partial charge in [-0.05, 0) is 24.5 Å². The molecule has 1 aromatic rings. The Labute approximate surface area is 101 Å². The van der Waals surface area contributed by atoms with Gasteiger partial charge in [-0.1, -0.05) is 13.8 Å². The molecule has 0 amide bonds. The minimum Gasteiger partial charge on any atom is -0.388 e. The Bertz CT molecular complexity index is 366. The molecule has 94 valence electrons. The molecule has 0 unspecified atom stereocenters. The molecule has 0 bridgehead atoms. The van der Waals surface area contributed by atoms with Crippen molar-refractivity contribution in [1.82, 2.24) is 4.98 Å². The van der Waals surface area contributed by atoms with Crippen LogP contribution in [0.25, 0.3) is 0 Å². The molecule has 4 heteroatoms. The Balaban J connectivity index is 2.07. The van der Waals surface area contributed by atoms with E-state index >= 15 is 0 Å². The molecular formula is C13H19FN2O. The van der Waals surface area contributed by atoms with Gasteiger partial charge in [0.05, 0.1) is 11.9 Å². The molecule has 1 aliphatic rings. The third kappa shape index (κ3) is 2.75. The third-order valence-corrected chi connectivity index (χ3v) is 3.23. The summed E-state index contributed by atoms with van der Waals surface area (Å²) in [7, 11) is 0. The lowest BCUT2D eigenvalue weighted by molar-refractivity contribution is 0.0645. The minimum atomic E-state index is -1.09. The number of β-amino-alcohol motifs (C(OH)–C–C–N with tert-alkyl or cyclic N) is 1. The van der Waals surface area contributed by atoms with Gasteiger partial charge in [0.1, 0.15) is 12.3 Å². The topological polar surface area (TPSA) is 36.4 Å². The molecule has 1 saturated heterocycles. The molecule has 0 radical (unpaired) electrons. The maximum absolute atomic E-state index is 13.1. The first kappa shape index (κ1) is 12.3.